The fourth-order valence-electron chi connectivity index (χ4n) is 2.09. The molecule has 0 aliphatic rings. The third-order valence-corrected chi connectivity index (χ3v) is 3.10. The van der Waals surface area contributed by atoms with E-state index in [9.17, 15) is 0 Å². The summed E-state index contributed by atoms with van der Waals surface area (Å²) in [6.07, 6.45) is 2.39. The lowest BCUT2D eigenvalue weighted by molar-refractivity contribution is 0.414. The van der Waals surface area contributed by atoms with Gasteiger partial charge < -0.3 is 4.74 Å². The standard InChI is InChI=1S/C15H12N4O/c1-20-13-4-2-3-11(7-13)8-15-18-17-14-6-5-12(9-16)10-19(14)15/h2-7,10H,8H2,1H3. The van der Waals surface area contributed by atoms with Crippen molar-refractivity contribution in [2.45, 2.75) is 6.42 Å². The molecule has 0 N–H and O–H groups in total. The minimum Gasteiger partial charge on any atom is -0.497 e. The number of benzene rings is 1. The van der Waals surface area contributed by atoms with Crippen LogP contribution in [0.25, 0.3) is 5.65 Å². The predicted octanol–water partition coefficient (Wildman–Crippen LogP) is 2.20. The van der Waals surface area contributed by atoms with E-state index in [4.69, 9.17) is 10.00 Å². The lowest BCUT2D eigenvalue weighted by Crippen LogP contribution is -1.97. The number of nitriles is 1. The molecule has 98 valence electrons. The van der Waals surface area contributed by atoms with Crippen LogP contribution >= 0.6 is 0 Å². The summed E-state index contributed by atoms with van der Waals surface area (Å²) in [6.45, 7) is 0. The normalized spacial score (nSPS) is 10.4. The molecule has 1 aromatic carbocycles. The molecule has 0 saturated heterocycles. The molecule has 3 aromatic rings. The third kappa shape index (κ3) is 2.19. The summed E-state index contributed by atoms with van der Waals surface area (Å²) in [6, 6.07) is 13.5. The highest BCUT2D eigenvalue weighted by Gasteiger charge is 2.07. The van der Waals surface area contributed by atoms with Gasteiger partial charge in [-0.15, -0.1) is 10.2 Å². The lowest BCUT2D eigenvalue weighted by Gasteiger charge is -2.04. The molecule has 0 bridgehead atoms. The number of methoxy groups -OCH3 is 1. The van der Waals surface area contributed by atoms with E-state index in [-0.39, 0.29) is 0 Å². The molecular weight excluding hydrogens is 252 g/mol. The average molecular weight is 264 g/mol. The zero-order chi connectivity index (χ0) is 13.9. The highest BCUT2D eigenvalue weighted by Crippen LogP contribution is 2.16. The molecule has 0 amide bonds. The van der Waals surface area contributed by atoms with E-state index in [1.165, 1.54) is 0 Å². The number of rotatable bonds is 3. The smallest absolute Gasteiger partial charge is 0.160 e. The van der Waals surface area contributed by atoms with Crippen LogP contribution in [-0.2, 0) is 6.42 Å². The van der Waals surface area contributed by atoms with Crippen molar-refractivity contribution in [2.24, 2.45) is 0 Å². The van der Waals surface area contributed by atoms with Gasteiger partial charge in [-0.05, 0) is 29.8 Å². The van der Waals surface area contributed by atoms with Crippen molar-refractivity contribution < 1.29 is 4.74 Å². The van der Waals surface area contributed by atoms with Crippen molar-refractivity contribution >= 4 is 5.65 Å². The van der Waals surface area contributed by atoms with Crippen molar-refractivity contribution in [3.05, 3.63) is 59.5 Å². The number of fused-ring (bicyclic) bond motifs is 1. The summed E-state index contributed by atoms with van der Waals surface area (Å²) in [5.74, 6) is 1.61. The van der Waals surface area contributed by atoms with Crippen LogP contribution < -0.4 is 4.74 Å². The number of pyridine rings is 1. The fourth-order valence-corrected chi connectivity index (χ4v) is 2.09. The van der Waals surface area contributed by atoms with Gasteiger partial charge in [-0.1, -0.05) is 12.1 Å². The van der Waals surface area contributed by atoms with Gasteiger partial charge in [0.1, 0.15) is 17.6 Å². The first-order valence-electron chi connectivity index (χ1n) is 6.17. The van der Waals surface area contributed by atoms with Crippen LogP contribution in [0, 0.1) is 11.3 Å². The largest absolute Gasteiger partial charge is 0.497 e. The monoisotopic (exact) mass is 264 g/mol. The zero-order valence-electron chi connectivity index (χ0n) is 10.9. The average Bonchev–Trinajstić information content (AvgIpc) is 2.89. The Bertz CT molecular complexity index is 801. The Morgan fingerprint density at radius 1 is 1.25 bits per heavy atom. The summed E-state index contributed by atoms with van der Waals surface area (Å²) in [7, 11) is 1.64. The second-order valence-electron chi connectivity index (χ2n) is 4.40. The van der Waals surface area contributed by atoms with Crippen molar-refractivity contribution in [3.8, 4) is 11.8 Å². The van der Waals surface area contributed by atoms with Gasteiger partial charge in [0, 0.05) is 12.6 Å². The minimum atomic E-state index is 0.587. The first kappa shape index (κ1) is 12.2. The molecule has 0 saturated carbocycles. The summed E-state index contributed by atoms with van der Waals surface area (Å²) in [5.41, 5.74) is 2.41. The van der Waals surface area contributed by atoms with Crippen molar-refractivity contribution in [2.75, 3.05) is 7.11 Å². The minimum absolute atomic E-state index is 0.587. The van der Waals surface area contributed by atoms with Crippen LogP contribution in [0.1, 0.15) is 17.0 Å². The molecule has 2 heterocycles. The molecule has 0 unspecified atom stereocenters. The van der Waals surface area contributed by atoms with Crippen molar-refractivity contribution in [1.29, 1.82) is 5.26 Å². The Labute approximate surface area is 116 Å². The van der Waals surface area contributed by atoms with Crippen LogP contribution in [0.2, 0.25) is 0 Å². The quantitative estimate of drug-likeness (QED) is 0.727. The van der Waals surface area contributed by atoms with Crippen LogP contribution in [-0.4, -0.2) is 21.7 Å². The van der Waals surface area contributed by atoms with E-state index in [2.05, 4.69) is 16.3 Å². The van der Waals surface area contributed by atoms with E-state index in [0.29, 0.717) is 12.0 Å². The maximum Gasteiger partial charge on any atom is 0.160 e. The molecule has 0 fully saturated rings. The fraction of sp³-hybridized carbons (Fsp3) is 0.133. The highest BCUT2D eigenvalue weighted by molar-refractivity contribution is 5.43. The van der Waals surface area contributed by atoms with E-state index in [0.717, 1.165) is 22.8 Å². The topological polar surface area (TPSA) is 63.2 Å². The Morgan fingerprint density at radius 3 is 2.95 bits per heavy atom. The second-order valence-corrected chi connectivity index (χ2v) is 4.40. The van der Waals surface area contributed by atoms with Gasteiger partial charge in [-0.3, -0.25) is 4.40 Å². The Hall–Kier alpha value is -2.87. The number of hydrogen-bond acceptors (Lipinski definition) is 4. The van der Waals surface area contributed by atoms with Crippen LogP contribution in [0.3, 0.4) is 0 Å². The first-order valence-corrected chi connectivity index (χ1v) is 6.17. The summed E-state index contributed by atoms with van der Waals surface area (Å²) < 4.78 is 7.06. The summed E-state index contributed by atoms with van der Waals surface area (Å²) in [4.78, 5) is 0. The maximum absolute atomic E-state index is 8.96. The predicted molar refractivity (Wildman–Crippen MR) is 73.5 cm³/mol. The van der Waals surface area contributed by atoms with Gasteiger partial charge in [0.05, 0.1) is 12.7 Å². The third-order valence-electron chi connectivity index (χ3n) is 3.10. The number of nitrogens with zero attached hydrogens (tertiary/aromatic N) is 4. The molecule has 0 atom stereocenters. The molecule has 5 heteroatoms. The molecule has 5 nitrogen and oxygen atoms in total. The molecular formula is C15H12N4O. The van der Waals surface area contributed by atoms with Gasteiger partial charge in [0.2, 0.25) is 0 Å². The number of aromatic nitrogens is 3. The van der Waals surface area contributed by atoms with Crippen LogP contribution in [0.5, 0.6) is 5.75 Å². The molecule has 3 rings (SSSR count). The van der Waals surface area contributed by atoms with Gasteiger partial charge >= 0.3 is 0 Å². The molecule has 0 aliphatic heterocycles. The van der Waals surface area contributed by atoms with E-state index in [1.807, 2.05) is 28.7 Å². The van der Waals surface area contributed by atoms with E-state index < -0.39 is 0 Å². The molecule has 0 spiro atoms. The van der Waals surface area contributed by atoms with Crippen molar-refractivity contribution in [1.82, 2.24) is 14.6 Å². The van der Waals surface area contributed by atoms with Gasteiger partial charge in [-0.2, -0.15) is 5.26 Å². The van der Waals surface area contributed by atoms with Crippen LogP contribution in [0.4, 0.5) is 0 Å². The second kappa shape index (κ2) is 5.02. The Kier molecular flexibility index (Phi) is 3.05. The van der Waals surface area contributed by atoms with Gasteiger partial charge in [-0.25, -0.2) is 0 Å². The molecule has 20 heavy (non-hydrogen) atoms. The SMILES string of the molecule is COc1cccc(Cc2nnc3ccc(C#N)cn23)c1. The van der Waals surface area contributed by atoms with E-state index in [1.54, 1.807) is 25.4 Å². The molecule has 0 radical (unpaired) electrons. The van der Waals surface area contributed by atoms with Gasteiger partial charge in [0.25, 0.3) is 0 Å². The Morgan fingerprint density at radius 2 is 2.15 bits per heavy atom. The Balaban J connectivity index is 2.00. The molecule has 2 aromatic heterocycles. The lowest BCUT2D eigenvalue weighted by atomic mass is 10.1. The number of ether oxygens (including phenoxy) is 1. The van der Waals surface area contributed by atoms with E-state index >= 15 is 0 Å². The first-order chi connectivity index (χ1) is 9.80. The molecule has 0 aliphatic carbocycles. The maximum atomic E-state index is 8.96. The summed E-state index contributed by atoms with van der Waals surface area (Å²) >= 11 is 0. The van der Waals surface area contributed by atoms with Gasteiger partial charge in [0.15, 0.2) is 5.65 Å². The van der Waals surface area contributed by atoms with Crippen molar-refractivity contribution in [3.63, 3.8) is 0 Å². The highest BCUT2D eigenvalue weighted by atomic mass is 16.5. The summed E-state index contributed by atoms with van der Waals surface area (Å²) in [5, 5.41) is 17.3. The van der Waals surface area contributed by atoms with Crippen LogP contribution in [0.15, 0.2) is 42.6 Å². The number of hydrogen-bond donors (Lipinski definition) is 0. The zero-order valence-corrected chi connectivity index (χ0v) is 10.9.